The van der Waals surface area contributed by atoms with Crippen molar-refractivity contribution >= 4 is 27.5 Å². The number of sulfonamides is 1. The lowest BCUT2D eigenvalue weighted by atomic mass is 10.2. The van der Waals surface area contributed by atoms with E-state index in [1.807, 2.05) is 18.2 Å². The molecule has 1 fully saturated rings. The van der Waals surface area contributed by atoms with Crippen molar-refractivity contribution in [1.29, 1.82) is 0 Å². The molecule has 8 nitrogen and oxygen atoms in total. The van der Waals surface area contributed by atoms with Gasteiger partial charge in [0.05, 0.1) is 4.90 Å². The number of primary amides is 1. The maximum atomic E-state index is 13.2. The van der Waals surface area contributed by atoms with E-state index in [0.717, 1.165) is 6.54 Å². The average molecular weight is 479 g/mol. The molecular weight excluding hydrogens is 452 g/mol. The minimum Gasteiger partial charge on any atom is -0.366 e. The summed E-state index contributed by atoms with van der Waals surface area (Å²) in [6.45, 7) is 2.83. The first kappa shape index (κ1) is 23.6. The summed E-state index contributed by atoms with van der Waals surface area (Å²) in [5.74, 6) is -1.01. The largest absolute Gasteiger partial charge is 0.366 e. The Bertz CT molecular complexity index is 1270. The topological polar surface area (TPSA) is 113 Å². The van der Waals surface area contributed by atoms with Gasteiger partial charge in [-0.2, -0.15) is 4.31 Å². The number of rotatable bonds is 7. The molecule has 1 aliphatic rings. The van der Waals surface area contributed by atoms with Crippen LogP contribution in [0, 0.1) is 0 Å². The fourth-order valence-electron chi connectivity index (χ4n) is 3.84. The van der Waals surface area contributed by atoms with Gasteiger partial charge in [-0.1, -0.05) is 36.4 Å². The minimum absolute atomic E-state index is 0.0840. The van der Waals surface area contributed by atoms with Crippen molar-refractivity contribution < 1.29 is 18.0 Å². The zero-order valence-corrected chi connectivity index (χ0v) is 19.4. The second kappa shape index (κ2) is 10.2. The molecular formula is C25H26N4O4S. The summed E-state index contributed by atoms with van der Waals surface area (Å²) in [5.41, 5.74) is 7.45. The van der Waals surface area contributed by atoms with Gasteiger partial charge in [-0.25, -0.2) is 8.42 Å². The van der Waals surface area contributed by atoms with E-state index in [4.69, 9.17) is 5.73 Å². The number of hydrogen-bond acceptors (Lipinski definition) is 5. The van der Waals surface area contributed by atoms with Gasteiger partial charge < -0.3 is 11.1 Å². The van der Waals surface area contributed by atoms with Crippen LogP contribution in [0.25, 0.3) is 0 Å². The number of anilines is 1. The fraction of sp³-hybridized carbons (Fsp3) is 0.200. The molecule has 0 spiro atoms. The Balaban J connectivity index is 1.41. The molecule has 0 aliphatic carbocycles. The summed E-state index contributed by atoms with van der Waals surface area (Å²) >= 11 is 0. The third-order valence-corrected chi connectivity index (χ3v) is 7.64. The summed E-state index contributed by atoms with van der Waals surface area (Å²) in [6.07, 6.45) is 0. The van der Waals surface area contributed by atoms with Crippen LogP contribution in [0.15, 0.2) is 83.8 Å². The third kappa shape index (κ3) is 5.51. The molecule has 3 N–H and O–H groups in total. The van der Waals surface area contributed by atoms with Crippen molar-refractivity contribution in [1.82, 2.24) is 9.21 Å². The predicted octanol–water partition coefficient (Wildman–Crippen LogP) is 2.54. The number of nitrogens with zero attached hydrogens (tertiary/aromatic N) is 2. The van der Waals surface area contributed by atoms with Gasteiger partial charge in [0.15, 0.2) is 0 Å². The van der Waals surface area contributed by atoms with E-state index in [9.17, 15) is 18.0 Å². The lowest BCUT2D eigenvalue weighted by molar-refractivity contribution is 0.0998. The molecule has 0 aromatic heterocycles. The first-order valence-electron chi connectivity index (χ1n) is 10.9. The van der Waals surface area contributed by atoms with Crippen molar-refractivity contribution in [2.24, 2.45) is 5.73 Å². The summed E-state index contributed by atoms with van der Waals surface area (Å²) < 4.78 is 27.9. The van der Waals surface area contributed by atoms with Crippen molar-refractivity contribution in [2.75, 3.05) is 31.5 Å². The van der Waals surface area contributed by atoms with E-state index in [2.05, 4.69) is 22.3 Å². The van der Waals surface area contributed by atoms with Gasteiger partial charge in [0.2, 0.25) is 15.9 Å². The van der Waals surface area contributed by atoms with Gasteiger partial charge in [-0.05, 0) is 48.0 Å². The van der Waals surface area contributed by atoms with E-state index >= 15 is 0 Å². The van der Waals surface area contributed by atoms with Gasteiger partial charge in [-0.15, -0.1) is 0 Å². The van der Waals surface area contributed by atoms with E-state index in [1.165, 1.54) is 34.1 Å². The maximum absolute atomic E-state index is 13.2. The normalized spacial score (nSPS) is 15.1. The van der Waals surface area contributed by atoms with Gasteiger partial charge in [0, 0.05) is 49.5 Å². The standard InChI is InChI=1S/C25H26N4O4S/c26-24(30)20-9-11-22(12-10-20)27-25(31)21-7-4-8-23(17-21)34(32,33)29-15-13-28(14-16-29)18-19-5-2-1-3-6-19/h1-12,17H,13-16,18H2,(H2,26,30)(H,27,31). The van der Waals surface area contributed by atoms with Crippen LogP contribution in [0.2, 0.25) is 0 Å². The number of amides is 2. The molecule has 0 unspecified atom stereocenters. The number of benzene rings is 3. The van der Waals surface area contributed by atoms with Crippen molar-refractivity contribution in [2.45, 2.75) is 11.4 Å². The van der Waals surface area contributed by atoms with Crippen LogP contribution in [0.4, 0.5) is 5.69 Å². The highest BCUT2D eigenvalue weighted by Crippen LogP contribution is 2.20. The number of carbonyl (C=O) groups excluding carboxylic acids is 2. The van der Waals surface area contributed by atoms with Crippen LogP contribution in [0.1, 0.15) is 26.3 Å². The minimum atomic E-state index is -3.73. The Morgan fingerprint density at radius 1 is 0.824 bits per heavy atom. The van der Waals surface area contributed by atoms with Crippen molar-refractivity contribution in [3.63, 3.8) is 0 Å². The number of nitrogens with one attached hydrogen (secondary N) is 1. The summed E-state index contributed by atoms with van der Waals surface area (Å²) in [7, 11) is -3.73. The number of carbonyl (C=O) groups is 2. The Labute approximate surface area is 199 Å². The second-order valence-corrected chi connectivity index (χ2v) is 10.0. The quantitative estimate of drug-likeness (QED) is 0.542. The molecule has 0 atom stereocenters. The Morgan fingerprint density at radius 3 is 2.15 bits per heavy atom. The van der Waals surface area contributed by atoms with E-state index in [-0.39, 0.29) is 10.5 Å². The molecule has 3 aromatic carbocycles. The van der Waals surface area contributed by atoms with Crippen LogP contribution in [0.3, 0.4) is 0 Å². The molecule has 0 saturated carbocycles. The average Bonchev–Trinajstić information content (AvgIpc) is 2.85. The Hall–Kier alpha value is -3.53. The Morgan fingerprint density at radius 2 is 1.50 bits per heavy atom. The third-order valence-electron chi connectivity index (χ3n) is 5.74. The summed E-state index contributed by atoms with van der Waals surface area (Å²) in [5, 5.41) is 2.71. The molecule has 1 aliphatic heterocycles. The molecule has 3 aromatic rings. The summed E-state index contributed by atoms with van der Waals surface area (Å²) in [6, 6.07) is 22.2. The van der Waals surface area contributed by atoms with Gasteiger partial charge in [0.25, 0.3) is 5.91 Å². The zero-order chi connectivity index (χ0) is 24.1. The molecule has 1 heterocycles. The maximum Gasteiger partial charge on any atom is 0.255 e. The Kier molecular flexibility index (Phi) is 7.06. The first-order valence-corrected chi connectivity index (χ1v) is 12.3. The number of nitrogens with two attached hydrogens (primary N) is 1. The monoisotopic (exact) mass is 478 g/mol. The van der Waals surface area contributed by atoms with Crippen LogP contribution in [-0.4, -0.2) is 55.6 Å². The molecule has 9 heteroatoms. The highest BCUT2D eigenvalue weighted by Gasteiger charge is 2.29. The second-order valence-electron chi connectivity index (χ2n) is 8.09. The lowest BCUT2D eigenvalue weighted by Gasteiger charge is -2.34. The SMILES string of the molecule is NC(=O)c1ccc(NC(=O)c2cccc(S(=O)(=O)N3CCN(Cc4ccccc4)CC3)c2)cc1. The van der Waals surface area contributed by atoms with Crippen LogP contribution >= 0.6 is 0 Å². The van der Waals surface area contributed by atoms with Gasteiger partial charge >= 0.3 is 0 Å². The van der Waals surface area contributed by atoms with Gasteiger partial charge in [-0.3, -0.25) is 14.5 Å². The molecule has 176 valence electrons. The molecule has 0 radical (unpaired) electrons. The highest BCUT2D eigenvalue weighted by atomic mass is 32.2. The van der Waals surface area contributed by atoms with E-state index < -0.39 is 21.8 Å². The number of piperazine rings is 1. The predicted molar refractivity (Wildman–Crippen MR) is 130 cm³/mol. The van der Waals surface area contributed by atoms with Crippen LogP contribution in [-0.2, 0) is 16.6 Å². The first-order chi connectivity index (χ1) is 16.3. The van der Waals surface area contributed by atoms with Crippen LogP contribution in [0.5, 0.6) is 0 Å². The van der Waals surface area contributed by atoms with Crippen LogP contribution < -0.4 is 11.1 Å². The molecule has 1 saturated heterocycles. The molecule has 0 bridgehead atoms. The molecule has 4 rings (SSSR count). The smallest absolute Gasteiger partial charge is 0.255 e. The van der Waals surface area contributed by atoms with E-state index in [1.54, 1.807) is 24.3 Å². The van der Waals surface area contributed by atoms with Crippen molar-refractivity contribution in [3.8, 4) is 0 Å². The zero-order valence-electron chi connectivity index (χ0n) is 18.6. The molecule has 34 heavy (non-hydrogen) atoms. The van der Waals surface area contributed by atoms with Gasteiger partial charge in [0.1, 0.15) is 0 Å². The lowest BCUT2D eigenvalue weighted by Crippen LogP contribution is -2.48. The molecule has 2 amide bonds. The number of hydrogen-bond donors (Lipinski definition) is 2. The van der Waals surface area contributed by atoms with E-state index in [0.29, 0.717) is 37.4 Å². The summed E-state index contributed by atoms with van der Waals surface area (Å²) in [4.78, 5) is 26.2. The highest BCUT2D eigenvalue weighted by molar-refractivity contribution is 7.89. The fourth-order valence-corrected chi connectivity index (χ4v) is 5.31. The van der Waals surface area contributed by atoms with Crippen molar-refractivity contribution in [3.05, 3.63) is 95.6 Å².